The monoisotopic (exact) mass is 449 g/mol. The Hall–Kier alpha value is -2.61. The SMILES string of the molecule is CCN(C(=O)C(CO)NC(=O)OC(C)(C)C)C(C(=O)NC(C)(C)C)c1cc(C)cc(C)c1. The van der Waals surface area contributed by atoms with Crippen LogP contribution in [0.5, 0.6) is 0 Å². The van der Waals surface area contributed by atoms with E-state index in [0.717, 1.165) is 11.1 Å². The Balaban J connectivity index is 3.35. The van der Waals surface area contributed by atoms with Crippen molar-refractivity contribution in [2.45, 2.75) is 85.5 Å². The maximum absolute atomic E-state index is 13.4. The van der Waals surface area contributed by atoms with E-state index in [9.17, 15) is 19.5 Å². The number of ether oxygens (including phenoxy) is 1. The van der Waals surface area contributed by atoms with Gasteiger partial charge in [0, 0.05) is 12.1 Å². The summed E-state index contributed by atoms with van der Waals surface area (Å²) in [7, 11) is 0. The number of aliphatic hydroxyl groups is 1. The highest BCUT2D eigenvalue weighted by Crippen LogP contribution is 2.25. The Labute approximate surface area is 191 Å². The molecule has 32 heavy (non-hydrogen) atoms. The highest BCUT2D eigenvalue weighted by molar-refractivity contribution is 5.92. The molecule has 0 saturated heterocycles. The van der Waals surface area contributed by atoms with Crippen LogP contribution in [0.15, 0.2) is 18.2 Å². The molecule has 0 spiro atoms. The molecule has 0 saturated carbocycles. The van der Waals surface area contributed by atoms with Gasteiger partial charge in [-0.1, -0.05) is 29.3 Å². The minimum absolute atomic E-state index is 0.195. The maximum atomic E-state index is 13.4. The normalized spacial score (nSPS) is 13.7. The molecule has 3 N–H and O–H groups in total. The minimum atomic E-state index is -1.25. The number of nitrogens with one attached hydrogen (secondary N) is 2. The molecule has 0 aliphatic carbocycles. The standard InChI is InChI=1S/C24H39N3O5/c1-10-27(21(30)18(14-28)25-22(31)32-24(7,8)9)19(20(29)26-23(4,5)6)17-12-15(2)11-16(3)13-17/h11-13,18-19,28H,10,14H2,1-9H3,(H,25,31)(H,26,29). The van der Waals surface area contributed by atoms with Crippen molar-refractivity contribution in [1.29, 1.82) is 0 Å². The van der Waals surface area contributed by atoms with Gasteiger partial charge >= 0.3 is 6.09 Å². The van der Waals surface area contributed by atoms with Crippen molar-refractivity contribution in [3.63, 3.8) is 0 Å². The highest BCUT2D eigenvalue weighted by Gasteiger charge is 2.36. The summed E-state index contributed by atoms with van der Waals surface area (Å²) in [5.74, 6) is -0.916. The summed E-state index contributed by atoms with van der Waals surface area (Å²) in [6.07, 6.45) is -0.817. The lowest BCUT2D eigenvalue weighted by molar-refractivity contribution is -0.143. The molecule has 0 heterocycles. The lowest BCUT2D eigenvalue weighted by Gasteiger charge is -2.35. The van der Waals surface area contributed by atoms with Crippen molar-refractivity contribution in [3.8, 4) is 0 Å². The van der Waals surface area contributed by atoms with E-state index in [1.807, 2.05) is 52.8 Å². The molecule has 0 bridgehead atoms. The number of aryl methyl sites for hydroxylation is 2. The van der Waals surface area contributed by atoms with Gasteiger partial charge in [-0.05, 0) is 67.9 Å². The summed E-state index contributed by atoms with van der Waals surface area (Å²) in [4.78, 5) is 40.3. The van der Waals surface area contributed by atoms with Crippen LogP contribution in [-0.4, -0.2) is 58.2 Å². The Bertz CT molecular complexity index is 804. The first kappa shape index (κ1) is 27.4. The molecule has 2 unspecified atom stereocenters. The van der Waals surface area contributed by atoms with Gasteiger partial charge in [0.15, 0.2) is 0 Å². The van der Waals surface area contributed by atoms with E-state index in [1.54, 1.807) is 27.7 Å². The zero-order valence-electron chi connectivity index (χ0n) is 20.8. The third kappa shape index (κ3) is 8.49. The molecule has 0 aliphatic heterocycles. The number of carbonyl (C=O) groups is 3. The molecular formula is C24H39N3O5. The molecule has 2 atom stereocenters. The Morgan fingerprint density at radius 2 is 1.56 bits per heavy atom. The van der Waals surface area contributed by atoms with Gasteiger partial charge < -0.3 is 25.4 Å². The number of carbonyl (C=O) groups excluding carboxylic acids is 3. The van der Waals surface area contributed by atoms with E-state index in [4.69, 9.17) is 4.74 Å². The number of aliphatic hydroxyl groups excluding tert-OH is 1. The van der Waals surface area contributed by atoms with Crippen LogP contribution in [0.25, 0.3) is 0 Å². The van der Waals surface area contributed by atoms with E-state index in [0.29, 0.717) is 5.56 Å². The van der Waals surface area contributed by atoms with E-state index in [2.05, 4.69) is 10.6 Å². The van der Waals surface area contributed by atoms with E-state index in [1.165, 1.54) is 4.90 Å². The van der Waals surface area contributed by atoms with E-state index >= 15 is 0 Å². The number of rotatable bonds is 7. The number of hydrogen-bond donors (Lipinski definition) is 3. The summed E-state index contributed by atoms with van der Waals surface area (Å²) in [5.41, 5.74) is 1.31. The van der Waals surface area contributed by atoms with Crippen LogP contribution < -0.4 is 10.6 Å². The van der Waals surface area contributed by atoms with Gasteiger partial charge in [-0.3, -0.25) is 9.59 Å². The fourth-order valence-corrected chi connectivity index (χ4v) is 3.38. The molecular weight excluding hydrogens is 410 g/mol. The van der Waals surface area contributed by atoms with Gasteiger partial charge in [0.2, 0.25) is 11.8 Å². The average molecular weight is 450 g/mol. The number of amides is 3. The summed E-state index contributed by atoms with van der Waals surface area (Å²) >= 11 is 0. The molecule has 1 aromatic rings. The predicted molar refractivity (Wildman–Crippen MR) is 124 cm³/mol. The van der Waals surface area contributed by atoms with Gasteiger partial charge in [0.1, 0.15) is 17.7 Å². The molecule has 0 aliphatic rings. The Morgan fingerprint density at radius 1 is 1.03 bits per heavy atom. The molecule has 8 heteroatoms. The van der Waals surface area contributed by atoms with Crippen molar-refractivity contribution in [2.75, 3.05) is 13.2 Å². The van der Waals surface area contributed by atoms with Crippen LogP contribution >= 0.6 is 0 Å². The molecule has 0 aromatic heterocycles. The first-order chi connectivity index (χ1) is 14.6. The van der Waals surface area contributed by atoms with Crippen molar-refractivity contribution in [3.05, 3.63) is 34.9 Å². The third-order valence-corrected chi connectivity index (χ3v) is 4.41. The number of benzene rings is 1. The minimum Gasteiger partial charge on any atom is -0.444 e. The lowest BCUT2D eigenvalue weighted by Crippen LogP contribution is -2.55. The Kier molecular flexibility index (Phi) is 9.26. The summed E-state index contributed by atoms with van der Waals surface area (Å²) in [6.45, 7) is 15.9. The number of likely N-dealkylation sites (N-methyl/N-ethyl adjacent to an activating group) is 1. The molecule has 8 nitrogen and oxygen atoms in total. The van der Waals surface area contributed by atoms with Crippen LogP contribution in [0.3, 0.4) is 0 Å². The topological polar surface area (TPSA) is 108 Å². The van der Waals surface area contributed by atoms with E-state index < -0.39 is 41.8 Å². The zero-order valence-corrected chi connectivity index (χ0v) is 20.8. The van der Waals surface area contributed by atoms with Crippen LogP contribution in [0.4, 0.5) is 4.79 Å². The molecule has 1 aromatic carbocycles. The maximum Gasteiger partial charge on any atom is 0.408 e. The lowest BCUT2D eigenvalue weighted by atomic mass is 9.97. The molecule has 1 rings (SSSR count). The first-order valence-corrected chi connectivity index (χ1v) is 10.9. The summed E-state index contributed by atoms with van der Waals surface area (Å²) in [6, 6.07) is 3.54. The zero-order chi connectivity index (χ0) is 24.9. The smallest absolute Gasteiger partial charge is 0.408 e. The quantitative estimate of drug-likeness (QED) is 0.593. The highest BCUT2D eigenvalue weighted by atomic mass is 16.6. The van der Waals surface area contributed by atoms with Gasteiger partial charge in [-0.2, -0.15) is 0 Å². The van der Waals surface area contributed by atoms with Crippen molar-refractivity contribution >= 4 is 17.9 Å². The number of hydrogen-bond acceptors (Lipinski definition) is 5. The van der Waals surface area contributed by atoms with E-state index in [-0.39, 0.29) is 12.5 Å². The second-order valence-corrected chi connectivity index (χ2v) is 10.1. The average Bonchev–Trinajstić information content (AvgIpc) is 2.59. The molecule has 3 amide bonds. The fourth-order valence-electron chi connectivity index (χ4n) is 3.38. The number of alkyl carbamates (subject to hydrolysis) is 1. The van der Waals surface area contributed by atoms with Crippen LogP contribution in [0.1, 0.15) is 71.2 Å². The molecule has 180 valence electrons. The van der Waals surface area contributed by atoms with Gasteiger partial charge in [0.25, 0.3) is 0 Å². The van der Waals surface area contributed by atoms with Crippen molar-refractivity contribution in [2.24, 2.45) is 0 Å². The summed E-state index contributed by atoms with van der Waals surface area (Å²) < 4.78 is 5.21. The number of nitrogens with zero attached hydrogens (tertiary/aromatic N) is 1. The van der Waals surface area contributed by atoms with Crippen molar-refractivity contribution in [1.82, 2.24) is 15.5 Å². The fraction of sp³-hybridized carbons (Fsp3) is 0.625. The third-order valence-electron chi connectivity index (χ3n) is 4.41. The largest absolute Gasteiger partial charge is 0.444 e. The predicted octanol–water partition coefficient (Wildman–Crippen LogP) is 2.99. The van der Waals surface area contributed by atoms with Gasteiger partial charge in [0.05, 0.1) is 6.61 Å². The Morgan fingerprint density at radius 3 is 1.97 bits per heavy atom. The van der Waals surface area contributed by atoms with Gasteiger partial charge in [-0.15, -0.1) is 0 Å². The van der Waals surface area contributed by atoms with Crippen molar-refractivity contribution < 1.29 is 24.2 Å². The van der Waals surface area contributed by atoms with Crippen LogP contribution in [0.2, 0.25) is 0 Å². The first-order valence-electron chi connectivity index (χ1n) is 10.9. The van der Waals surface area contributed by atoms with Crippen LogP contribution in [-0.2, 0) is 14.3 Å². The molecule has 0 radical (unpaired) electrons. The summed E-state index contributed by atoms with van der Waals surface area (Å²) in [5, 5.41) is 15.2. The molecule has 0 fully saturated rings. The van der Waals surface area contributed by atoms with Gasteiger partial charge in [-0.25, -0.2) is 4.79 Å². The van der Waals surface area contributed by atoms with Crippen LogP contribution in [0, 0.1) is 13.8 Å². The second kappa shape index (κ2) is 10.8. The second-order valence-electron chi connectivity index (χ2n) is 10.1.